The summed E-state index contributed by atoms with van der Waals surface area (Å²) >= 11 is 1.53. The fourth-order valence-electron chi connectivity index (χ4n) is 2.56. The number of likely N-dealkylation sites (N-methyl/N-ethyl adjacent to an activating group) is 1. The van der Waals surface area contributed by atoms with Crippen LogP contribution in [0.2, 0.25) is 0 Å². The van der Waals surface area contributed by atoms with Crippen molar-refractivity contribution >= 4 is 22.7 Å². The van der Waals surface area contributed by atoms with Gasteiger partial charge in [0.15, 0.2) is 5.16 Å². The summed E-state index contributed by atoms with van der Waals surface area (Å²) in [6, 6.07) is 7.55. The van der Waals surface area contributed by atoms with Crippen LogP contribution < -0.4 is 10.5 Å². The van der Waals surface area contributed by atoms with Crippen LogP contribution in [-0.4, -0.2) is 49.2 Å². The van der Waals surface area contributed by atoms with Gasteiger partial charge in [-0.2, -0.15) is 0 Å². The van der Waals surface area contributed by atoms with Crippen LogP contribution in [0.25, 0.3) is 10.9 Å². The second-order valence-corrected chi connectivity index (χ2v) is 6.35. The Bertz CT molecular complexity index is 688. The Morgan fingerprint density at radius 3 is 2.64 bits per heavy atom. The van der Waals surface area contributed by atoms with Gasteiger partial charge in [-0.3, -0.25) is 9.36 Å². The molecule has 1 unspecified atom stereocenters. The minimum Gasteiger partial charge on any atom is -0.376 e. The van der Waals surface area contributed by atoms with Gasteiger partial charge in [-0.1, -0.05) is 37.7 Å². The lowest BCUT2D eigenvalue weighted by molar-refractivity contribution is -0.880. The number of nitrogens with one attached hydrogen (secondary N) is 1. The van der Waals surface area contributed by atoms with Crippen LogP contribution in [0.3, 0.4) is 0 Å². The monoisotopic (exact) mass is 366 g/mol. The maximum absolute atomic E-state index is 12.7. The van der Waals surface area contributed by atoms with Gasteiger partial charge in [-0.05, 0) is 25.3 Å². The highest BCUT2D eigenvalue weighted by Crippen LogP contribution is 2.15. The minimum atomic E-state index is 0.0620. The van der Waals surface area contributed by atoms with Gasteiger partial charge in [0.1, 0.15) is 6.54 Å². The molecule has 1 atom stereocenters. The number of nitrogens with zero attached hydrogens (tertiary/aromatic N) is 2. The van der Waals surface area contributed by atoms with Crippen LogP contribution in [0.1, 0.15) is 27.2 Å². The second kappa shape index (κ2) is 12.1. The molecule has 1 heterocycles. The molecular weight excluding hydrogens is 334 g/mol. The van der Waals surface area contributed by atoms with Crippen molar-refractivity contribution in [2.75, 3.05) is 39.6 Å². The number of para-hydroxylation sites is 1. The largest absolute Gasteiger partial charge is 0.376 e. The first-order valence-corrected chi connectivity index (χ1v) is 10.3. The number of hydrogen-bond donors (Lipinski definition) is 1. The highest BCUT2D eigenvalue weighted by atomic mass is 32.2. The average Bonchev–Trinajstić information content (AvgIpc) is 2.65. The summed E-state index contributed by atoms with van der Waals surface area (Å²) in [5, 5.41) is 1.49. The molecule has 0 saturated carbocycles. The number of hydrogen-bond acceptors (Lipinski definition) is 4. The van der Waals surface area contributed by atoms with Crippen molar-refractivity contribution in [3.05, 3.63) is 34.6 Å². The number of benzene rings is 1. The molecule has 1 N–H and O–H groups in total. The molecule has 0 spiro atoms. The van der Waals surface area contributed by atoms with E-state index in [1.54, 1.807) is 0 Å². The van der Waals surface area contributed by atoms with Crippen molar-refractivity contribution < 1.29 is 9.64 Å². The van der Waals surface area contributed by atoms with E-state index in [2.05, 4.69) is 12.0 Å². The van der Waals surface area contributed by atoms with Crippen LogP contribution in [0.4, 0.5) is 0 Å². The number of rotatable bonds is 9. The summed E-state index contributed by atoms with van der Waals surface area (Å²) in [4.78, 5) is 18.7. The molecule has 0 aliphatic heterocycles. The van der Waals surface area contributed by atoms with Crippen LogP contribution in [0.15, 0.2) is 34.2 Å². The van der Waals surface area contributed by atoms with E-state index in [9.17, 15) is 4.79 Å². The van der Waals surface area contributed by atoms with Gasteiger partial charge in [-0.25, -0.2) is 4.98 Å². The molecule has 0 radical (unpaired) electrons. The quantitative estimate of drug-likeness (QED) is 0.419. The summed E-state index contributed by atoms with van der Waals surface area (Å²) in [5.74, 6) is 0. The van der Waals surface area contributed by atoms with Crippen molar-refractivity contribution in [3.63, 3.8) is 0 Å². The fourth-order valence-corrected chi connectivity index (χ4v) is 3.14. The average molecular weight is 367 g/mol. The zero-order valence-electron chi connectivity index (χ0n) is 16.2. The Kier molecular flexibility index (Phi) is 10.5. The maximum Gasteiger partial charge on any atom is 0.262 e. The van der Waals surface area contributed by atoms with Crippen molar-refractivity contribution in [1.82, 2.24) is 9.55 Å². The molecule has 0 aliphatic rings. The van der Waals surface area contributed by atoms with Gasteiger partial charge in [-0.15, -0.1) is 0 Å². The zero-order chi connectivity index (χ0) is 18.7. The molecule has 140 valence electrons. The molecule has 1 aromatic heterocycles. The maximum atomic E-state index is 12.7. The summed E-state index contributed by atoms with van der Waals surface area (Å²) in [6.45, 7) is 10.3. The van der Waals surface area contributed by atoms with Gasteiger partial charge in [0, 0.05) is 19.6 Å². The molecule has 5 nitrogen and oxygen atoms in total. The predicted octanol–water partition coefficient (Wildman–Crippen LogP) is 2.09. The first-order valence-electron chi connectivity index (χ1n) is 9.10. The number of thioether (sulfide) groups is 1. The van der Waals surface area contributed by atoms with Crippen LogP contribution >= 0.6 is 11.8 Å². The van der Waals surface area contributed by atoms with E-state index >= 15 is 0 Å². The molecule has 0 fully saturated rings. The molecular formula is C19H32N3O2S+. The van der Waals surface area contributed by atoms with Crippen molar-refractivity contribution in [3.8, 4) is 0 Å². The highest BCUT2D eigenvalue weighted by molar-refractivity contribution is 7.98. The van der Waals surface area contributed by atoms with E-state index in [0.29, 0.717) is 11.9 Å². The minimum absolute atomic E-state index is 0.0620. The second-order valence-electron chi connectivity index (χ2n) is 5.58. The fraction of sp³-hybridized carbons (Fsp3) is 0.579. The third kappa shape index (κ3) is 6.45. The summed E-state index contributed by atoms with van der Waals surface area (Å²) in [7, 11) is 2.16. The lowest BCUT2D eigenvalue weighted by atomic mass is 10.2. The van der Waals surface area contributed by atoms with Crippen LogP contribution in [-0.2, 0) is 11.3 Å². The summed E-state index contributed by atoms with van der Waals surface area (Å²) in [6.07, 6.45) is 2.91. The molecule has 0 bridgehead atoms. The topological polar surface area (TPSA) is 48.6 Å². The van der Waals surface area contributed by atoms with E-state index in [0.717, 1.165) is 43.4 Å². The molecule has 0 amide bonds. The standard InChI is InChI=1S/C17H25N3O2S.C2H6/c1-4-22-13-12-19(2)10-7-11-20-16(21)14-8-5-6-9-15(14)18-17(20)23-3;1-2/h5-6,8-9H,4,7,10-13H2,1-3H3;1-2H3/p+1. The molecule has 2 rings (SSSR count). The Labute approximate surface area is 155 Å². The van der Waals surface area contributed by atoms with E-state index in [4.69, 9.17) is 4.74 Å². The molecule has 0 saturated heterocycles. The van der Waals surface area contributed by atoms with Gasteiger partial charge in [0.2, 0.25) is 0 Å². The number of fused-ring (bicyclic) bond motifs is 1. The summed E-state index contributed by atoms with van der Waals surface area (Å²) in [5.41, 5.74) is 0.837. The van der Waals surface area contributed by atoms with Crippen LogP contribution in [0, 0.1) is 0 Å². The Morgan fingerprint density at radius 1 is 1.24 bits per heavy atom. The van der Waals surface area contributed by atoms with Gasteiger partial charge in [0.05, 0.1) is 31.1 Å². The normalized spacial score (nSPS) is 11.9. The molecule has 1 aromatic carbocycles. The number of quaternary nitrogens is 1. The highest BCUT2D eigenvalue weighted by Gasteiger charge is 2.10. The first kappa shape index (κ1) is 21.7. The molecule has 2 aromatic rings. The Hall–Kier alpha value is -1.37. The third-order valence-corrected chi connectivity index (χ3v) is 4.55. The SMILES string of the molecule is CC.CCOCC[NH+](C)CCCn1c(SC)nc2ccccc2c1=O. The lowest BCUT2D eigenvalue weighted by Crippen LogP contribution is -3.09. The van der Waals surface area contributed by atoms with E-state index in [1.165, 1.54) is 16.7 Å². The van der Waals surface area contributed by atoms with Crippen molar-refractivity contribution in [2.45, 2.75) is 38.9 Å². The van der Waals surface area contributed by atoms with Crippen molar-refractivity contribution in [1.29, 1.82) is 0 Å². The van der Waals surface area contributed by atoms with E-state index in [-0.39, 0.29) is 5.56 Å². The number of aromatic nitrogens is 2. The zero-order valence-corrected chi connectivity index (χ0v) is 17.0. The smallest absolute Gasteiger partial charge is 0.262 e. The molecule has 25 heavy (non-hydrogen) atoms. The van der Waals surface area contributed by atoms with Crippen LogP contribution in [0.5, 0.6) is 0 Å². The van der Waals surface area contributed by atoms with Gasteiger partial charge in [0.25, 0.3) is 5.56 Å². The molecule has 0 aliphatic carbocycles. The van der Waals surface area contributed by atoms with Crippen molar-refractivity contribution in [2.24, 2.45) is 0 Å². The van der Waals surface area contributed by atoms with Gasteiger partial charge < -0.3 is 9.64 Å². The first-order chi connectivity index (χ1) is 12.2. The van der Waals surface area contributed by atoms with E-state index < -0.39 is 0 Å². The van der Waals surface area contributed by atoms with Gasteiger partial charge >= 0.3 is 0 Å². The lowest BCUT2D eigenvalue weighted by Gasteiger charge is -2.15. The third-order valence-electron chi connectivity index (χ3n) is 3.87. The summed E-state index contributed by atoms with van der Waals surface area (Å²) < 4.78 is 7.19. The Morgan fingerprint density at radius 2 is 1.96 bits per heavy atom. The van der Waals surface area contributed by atoms with E-state index in [1.807, 2.05) is 55.9 Å². The Balaban J connectivity index is 0.00000151. The number of ether oxygens (including phenoxy) is 1. The predicted molar refractivity (Wildman–Crippen MR) is 107 cm³/mol. The molecule has 6 heteroatoms.